The zero-order chi connectivity index (χ0) is 12.0. The molecule has 1 aromatic carbocycles. The fourth-order valence-corrected chi connectivity index (χ4v) is 2.54. The van der Waals surface area contributed by atoms with Crippen LogP contribution in [0.25, 0.3) is 21.5 Å². The van der Waals surface area contributed by atoms with E-state index in [4.69, 9.17) is 16.1 Å². The van der Waals surface area contributed by atoms with Gasteiger partial charge < -0.3 is 4.52 Å². The highest BCUT2D eigenvalue weighted by molar-refractivity contribution is 7.13. The highest BCUT2D eigenvalue weighted by atomic mass is 35.5. The molecule has 3 aromatic rings. The van der Waals surface area contributed by atoms with Crippen molar-refractivity contribution in [2.75, 3.05) is 0 Å². The summed E-state index contributed by atoms with van der Waals surface area (Å²) in [4.78, 5) is 0.374. The summed E-state index contributed by atoms with van der Waals surface area (Å²) >= 11 is 7.02. The predicted octanol–water partition coefficient (Wildman–Crippen LogP) is 4.49. The van der Waals surface area contributed by atoms with Crippen molar-refractivity contribution in [2.45, 2.75) is 0 Å². The summed E-state index contributed by atoms with van der Waals surface area (Å²) in [7, 11) is 0. The monoisotopic (exact) mass is 268 g/mol. The van der Waals surface area contributed by atoms with Crippen LogP contribution in [0.5, 0.6) is 5.75 Å². The van der Waals surface area contributed by atoms with Gasteiger partial charge >= 0.3 is 0 Å². The van der Waals surface area contributed by atoms with E-state index in [9.17, 15) is 9.50 Å². The molecule has 1 radical (unpaired) electrons. The van der Waals surface area contributed by atoms with Crippen molar-refractivity contribution < 1.29 is 14.0 Å². The molecule has 0 bridgehead atoms. The van der Waals surface area contributed by atoms with Gasteiger partial charge in [-0.15, -0.1) is 11.3 Å². The summed E-state index contributed by atoms with van der Waals surface area (Å²) < 4.78 is 18.5. The van der Waals surface area contributed by atoms with Crippen LogP contribution in [0.4, 0.5) is 4.39 Å². The van der Waals surface area contributed by atoms with E-state index in [0.717, 1.165) is 0 Å². The van der Waals surface area contributed by atoms with Crippen LogP contribution < -0.4 is 0 Å². The van der Waals surface area contributed by atoms with E-state index in [1.54, 1.807) is 5.38 Å². The topological polar surface area (TPSA) is 45.9 Å². The minimum atomic E-state index is -0.368. The van der Waals surface area contributed by atoms with Gasteiger partial charge in [0.15, 0.2) is 5.58 Å². The summed E-state index contributed by atoms with van der Waals surface area (Å²) in [6.07, 6.45) is 0. The van der Waals surface area contributed by atoms with Gasteiger partial charge in [-0.1, -0.05) is 16.8 Å². The Morgan fingerprint density at radius 2 is 2.18 bits per heavy atom. The predicted molar refractivity (Wildman–Crippen MR) is 62.4 cm³/mol. The quantitative estimate of drug-likeness (QED) is 0.652. The van der Waals surface area contributed by atoms with Crippen LogP contribution in [0.2, 0.25) is 5.02 Å². The molecule has 0 unspecified atom stereocenters. The van der Waals surface area contributed by atoms with Crippen molar-refractivity contribution in [1.82, 2.24) is 5.16 Å². The second-order valence-corrected chi connectivity index (χ2v) is 4.68. The first-order valence-electron chi connectivity index (χ1n) is 4.66. The maximum absolute atomic E-state index is 13.5. The van der Waals surface area contributed by atoms with E-state index in [1.165, 1.54) is 29.5 Å². The molecule has 0 amide bonds. The van der Waals surface area contributed by atoms with Gasteiger partial charge in [0.25, 0.3) is 0 Å². The second-order valence-electron chi connectivity index (χ2n) is 3.38. The first-order valence-corrected chi connectivity index (χ1v) is 5.92. The number of nitrogens with zero attached hydrogens (tertiary/aromatic N) is 1. The molecule has 3 rings (SSSR count). The number of thiophene rings is 1. The molecule has 0 atom stereocenters. The van der Waals surface area contributed by atoms with Gasteiger partial charge in [0.2, 0.25) is 5.75 Å². The van der Waals surface area contributed by atoms with Gasteiger partial charge in [0, 0.05) is 0 Å². The minimum Gasteiger partial charge on any atom is -0.354 e. The van der Waals surface area contributed by atoms with E-state index in [1.807, 2.05) is 0 Å². The van der Waals surface area contributed by atoms with Crippen LogP contribution >= 0.6 is 22.9 Å². The van der Waals surface area contributed by atoms with Crippen molar-refractivity contribution in [1.29, 1.82) is 0 Å². The molecule has 0 saturated carbocycles. The zero-order valence-corrected chi connectivity index (χ0v) is 9.81. The Hall–Kier alpha value is -1.59. The average Bonchev–Trinajstić information content (AvgIpc) is 2.89. The number of hydrogen-bond donors (Lipinski definition) is 0. The molecule has 6 heteroatoms. The molecule has 85 valence electrons. The molecule has 0 aliphatic heterocycles. The first kappa shape index (κ1) is 10.6. The smallest absolute Gasteiger partial charge is 0.201 e. The van der Waals surface area contributed by atoms with Crippen molar-refractivity contribution in [2.24, 2.45) is 0 Å². The standard InChI is InChI=1S/C11H4ClFNO2S/c12-8-7(15)2-1-5-9(14-16-10(5)8)11-6(13)3-4-17-11/h1-4H. The molecule has 0 aliphatic rings. The van der Waals surface area contributed by atoms with E-state index in [2.05, 4.69) is 5.16 Å². The van der Waals surface area contributed by atoms with Crippen LogP contribution in [0.15, 0.2) is 28.1 Å². The van der Waals surface area contributed by atoms with Gasteiger partial charge in [-0.2, -0.15) is 0 Å². The molecule has 17 heavy (non-hydrogen) atoms. The van der Waals surface area contributed by atoms with Crippen LogP contribution in [-0.2, 0) is 5.11 Å². The Morgan fingerprint density at radius 3 is 2.88 bits per heavy atom. The van der Waals surface area contributed by atoms with Crippen LogP contribution in [-0.4, -0.2) is 5.16 Å². The summed E-state index contributed by atoms with van der Waals surface area (Å²) in [5, 5.41) is 17.2. The Balaban J connectivity index is 2.33. The maximum Gasteiger partial charge on any atom is 0.201 e. The lowest BCUT2D eigenvalue weighted by atomic mass is 10.2. The van der Waals surface area contributed by atoms with Crippen molar-refractivity contribution in [3.05, 3.63) is 34.4 Å². The second kappa shape index (κ2) is 3.72. The van der Waals surface area contributed by atoms with Gasteiger partial charge in [-0.25, -0.2) is 4.39 Å². The lowest BCUT2D eigenvalue weighted by Gasteiger charge is -1.94. The van der Waals surface area contributed by atoms with Crippen LogP contribution in [0, 0.1) is 5.82 Å². The number of hydrogen-bond acceptors (Lipinski definition) is 3. The van der Waals surface area contributed by atoms with E-state index >= 15 is 0 Å². The Bertz CT molecular complexity index is 707. The summed E-state index contributed by atoms with van der Waals surface area (Å²) in [6, 6.07) is 4.20. The summed E-state index contributed by atoms with van der Waals surface area (Å²) in [5.74, 6) is -0.707. The van der Waals surface area contributed by atoms with Crippen LogP contribution in [0.1, 0.15) is 0 Å². The molecule has 0 aliphatic carbocycles. The fraction of sp³-hybridized carbons (Fsp3) is 0. The lowest BCUT2D eigenvalue weighted by molar-refractivity contribution is 0.354. The van der Waals surface area contributed by atoms with Gasteiger partial charge in [-0.05, 0) is 23.6 Å². The van der Waals surface area contributed by atoms with Crippen molar-refractivity contribution >= 4 is 33.9 Å². The lowest BCUT2D eigenvalue weighted by Crippen LogP contribution is -1.77. The summed E-state index contributed by atoms with van der Waals surface area (Å²) in [6.45, 7) is 0. The van der Waals surface area contributed by atoms with Crippen molar-refractivity contribution in [3.63, 3.8) is 0 Å². The maximum atomic E-state index is 13.5. The van der Waals surface area contributed by atoms with Gasteiger partial charge in [0.1, 0.15) is 16.5 Å². The molecular weight excluding hydrogens is 265 g/mol. The largest absolute Gasteiger partial charge is 0.354 e. The number of aromatic nitrogens is 1. The molecule has 0 N–H and O–H groups in total. The number of rotatable bonds is 1. The fourth-order valence-electron chi connectivity index (χ4n) is 1.58. The van der Waals surface area contributed by atoms with E-state index in [0.29, 0.717) is 16.0 Å². The third-order valence-electron chi connectivity index (χ3n) is 2.38. The molecule has 3 nitrogen and oxygen atoms in total. The first-order chi connectivity index (χ1) is 8.18. The Kier molecular flexibility index (Phi) is 2.31. The molecule has 2 aromatic heterocycles. The van der Waals surface area contributed by atoms with Gasteiger partial charge in [-0.3, -0.25) is 5.11 Å². The van der Waals surface area contributed by atoms with Gasteiger partial charge in [0.05, 0.1) is 10.3 Å². The minimum absolute atomic E-state index is 0.0294. The number of halogens is 2. The highest BCUT2D eigenvalue weighted by Crippen LogP contribution is 2.39. The van der Waals surface area contributed by atoms with E-state index in [-0.39, 0.29) is 22.2 Å². The normalized spacial score (nSPS) is 11.2. The molecule has 2 heterocycles. The molecule has 0 fully saturated rings. The van der Waals surface area contributed by atoms with E-state index < -0.39 is 0 Å². The number of benzene rings is 1. The number of fused-ring (bicyclic) bond motifs is 1. The molecular formula is C11H4ClFNO2S. The highest BCUT2D eigenvalue weighted by Gasteiger charge is 2.19. The SMILES string of the molecule is [O]c1ccc2c(-c3sccc3F)noc2c1Cl. The van der Waals surface area contributed by atoms with Crippen molar-refractivity contribution in [3.8, 4) is 16.3 Å². The third kappa shape index (κ3) is 1.50. The zero-order valence-electron chi connectivity index (χ0n) is 8.24. The third-order valence-corrected chi connectivity index (χ3v) is 3.63. The average molecular weight is 269 g/mol. The molecule has 0 saturated heterocycles. The molecule has 0 spiro atoms. The van der Waals surface area contributed by atoms with Crippen LogP contribution in [0.3, 0.4) is 0 Å². The summed E-state index contributed by atoms with van der Waals surface area (Å²) in [5.41, 5.74) is 0.566. The Morgan fingerprint density at radius 1 is 1.35 bits per heavy atom. The Labute approximate surface area is 104 Å².